The Morgan fingerprint density at radius 1 is 1.12 bits per heavy atom. The summed E-state index contributed by atoms with van der Waals surface area (Å²) in [6.45, 7) is 2.89. The smallest absolute Gasteiger partial charge is 0.123 e. The van der Waals surface area contributed by atoms with Crippen LogP contribution in [0.1, 0.15) is 19.8 Å². The highest BCUT2D eigenvalue weighted by atomic mass is 19.1. The van der Waals surface area contributed by atoms with Gasteiger partial charge < -0.3 is 10.6 Å². The van der Waals surface area contributed by atoms with Gasteiger partial charge in [-0.3, -0.25) is 0 Å². The largest absolute Gasteiger partial charge is 0.385 e. The van der Waals surface area contributed by atoms with Gasteiger partial charge >= 0.3 is 0 Å². The summed E-state index contributed by atoms with van der Waals surface area (Å²) in [7, 11) is 0. The average molecular weight is 321 g/mol. The summed E-state index contributed by atoms with van der Waals surface area (Å²) < 4.78 is 13.5. The molecule has 1 aromatic heterocycles. The molecular weight excluding hydrogens is 301 g/mol. The van der Waals surface area contributed by atoms with Crippen LogP contribution in [0.4, 0.5) is 15.8 Å². The lowest BCUT2D eigenvalue weighted by molar-refractivity contribution is 0.628. The number of halogens is 1. The molecule has 4 heteroatoms. The maximum absolute atomic E-state index is 13.5. The predicted octanol–water partition coefficient (Wildman–Crippen LogP) is 5.05. The van der Waals surface area contributed by atoms with Crippen molar-refractivity contribution in [2.45, 2.75) is 25.8 Å². The number of pyridine rings is 1. The maximum Gasteiger partial charge on any atom is 0.123 e. The summed E-state index contributed by atoms with van der Waals surface area (Å²) in [6, 6.07) is 15.4. The van der Waals surface area contributed by atoms with E-state index in [1.54, 1.807) is 6.07 Å². The quantitative estimate of drug-likeness (QED) is 0.690. The van der Waals surface area contributed by atoms with E-state index < -0.39 is 0 Å². The summed E-state index contributed by atoms with van der Waals surface area (Å²) >= 11 is 0. The van der Waals surface area contributed by atoms with E-state index in [1.165, 1.54) is 25.0 Å². The second-order valence-corrected chi connectivity index (χ2v) is 6.25. The van der Waals surface area contributed by atoms with Gasteiger partial charge in [0.25, 0.3) is 0 Å². The molecule has 1 saturated carbocycles. The van der Waals surface area contributed by atoms with Crippen molar-refractivity contribution in [3.63, 3.8) is 0 Å². The van der Waals surface area contributed by atoms with Crippen molar-refractivity contribution >= 4 is 22.3 Å². The molecule has 1 heterocycles. The summed E-state index contributed by atoms with van der Waals surface area (Å²) in [5, 5.41) is 8.02. The fourth-order valence-electron chi connectivity index (χ4n) is 2.91. The molecule has 2 N–H and O–H groups in total. The number of hydrogen-bond acceptors (Lipinski definition) is 3. The summed E-state index contributed by atoms with van der Waals surface area (Å²) in [5.41, 5.74) is 4.64. The van der Waals surface area contributed by atoms with E-state index in [0.717, 1.165) is 40.1 Å². The van der Waals surface area contributed by atoms with Gasteiger partial charge in [0, 0.05) is 34.9 Å². The zero-order valence-corrected chi connectivity index (χ0v) is 13.6. The van der Waals surface area contributed by atoms with E-state index >= 15 is 0 Å². The number of anilines is 2. The molecule has 0 bridgehead atoms. The molecule has 0 radical (unpaired) electrons. The number of aromatic nitrogens is 1. The highest BCUT2D eigenvalue weighted by molar-refractivity contribution is 5.95. The van der Waals surface area contributed by atoms with Gasteiger partial charge in [0.1, 0.15) is 5.82 Å². The minimum atomic E-state index is -0.247. The molecule has 0 unspecified atom stereocenters. The third kappa shape index (κ3) is 3.04. The molecule has 1 aliphatic carbocycles. The van der Waals surface area contributed by atoms with E-state index in [0.29, 0.717) is 6.04 Å². The van der Waals surface area contributed by atoms with E-state index in [4.69, 9.17) is 4.98 Å². The van der Waals surface area contributed by atoms with Gasteiger partial charge in [-0.15, -0.1) is 0 Å². The Kier molecular flexibility index (Phi) is 3.81. The summed E-state index contributed by atoms with van der Waals surface area (Å²) in [6.07, 6.45) is 2.49. The molecule has 3 nitrogen and oxygen atoms in total. The van der Waals surface area contributed by atoms with Crippen LogP contribution in [-0.4, -0.2) is 17.6 Å². The fraction of sp³-hybridized carbons (Fsp3) is 0.250. The zero-order valence-electron chi connectivity index (χ0n) is 13.6. The lowest BCUT2D eigenvalue weighted by atomic mass is 10.1. The molecule has 0 amide bonds. The Morgan fingerprint density at radius 3 is 2.75 bits per heavy atom. The lowest BCUT2D eigenvalue weighted by Crippen LogP contribution is -2.02. The van der Waals surface area contributed by atoms with Gasteiger partial charge in [-0.05, 0) is 56.2 Å². The number of nitrogens with zero attached hydrogens (tertiary/aromatic N) is 1. The Hall–Kier alpha value is -2.62. The Labute approximate surface area is 140 Å². The number of hydrogen-bond donors (Lipinski definition) is 2. The van der Waals surface area contributed by atoms with Gasteiger partial charge in [0.2, 0.25) is 0 Å². The van der Waals surface area contributed by atoms with E-state index in [1.807, 2.05) is 18.2 Å². The molecule has 122 valence electrons. The van der Waals surface area contributed by atoms with Crippen molar-refractivity contribution in [2.75, 3.05) is 17.2 Å². The first-order valence-corrected chi connectivity index (χ1v) is 8.44. The van der Waals surface area contributed by atoms with Gasteiger partial charge in [-0.25, -0.2) is 9.37 Å². The van der Waals surface area contributed by atoms with Crippen LogP contribution in [-0.2, 0) is 0 Å². The van der Waals surface area contributed by atoms with E-state index in [2.05, 4.69) is 29.7 Å². The minimum absolute atomic E-state index is 0.247. The molecule has 0 saturated heterocycles. The van der Waals surface area contributed by atoms with Crippen LogP contribution in [0.3, 0.4) is 0 Å². The van der Waals surface area contributed by atoms with Crippen molar-refractivity contribution in [3.05, 3.63) is 54.3 Å². The Bertz CT molecular complexity index is 887. The van der Waals surface area contributed by atoms with Crippen LogP contribution in [0, 0.1) is 5.82 Å². The normalized spacial score (nSPS) is 13.9. The van der Waals surface area contributed by atoms with Gasteiger partial charge in [-0.1, -0.05) is 12.1 Å². The van der Waals surface area contributed by atoms with Crippen LogP contribution < -0.4 is 10.6 Å². The maximum atomic E-state index is 13.5. The predicted molar refractivity (Wildman–Crippen MR) is 97.9 cm³/mol. The third-order valence-electron chi connectivity index (χ3n) is 4.24. The minimum Gasteiger partial charge on any atom is -0.385 e. The van der Waals surface area contributed by atoms with Crippen LogP contribution in [0.25, 0.3) is 22.2 Å². The summed E-state index contributed by atoms with van der Waals surface area (Å²) in [5.74, 6) is -0.247. The average Bonchev–Trinajstić information content (AvgIpc) is 3.39. The van der Waals surface area contributed by atoms with Crippen LogP contribution in [0.2, 0.25) is 0 Å². The van der Waals surface area contributed by atoms with Gasteiger partial charge in [-0.2, -0.15) is 0 Å². The van der Waals surface area contributed by atoms with Gasteiger partial charge in [0.05, 0.1) is 11.2 Å². The van der Waals surface area contributed by atoms with Crippen molar-refractivity contribution in [1.29, 1.82) is 0 Å². The molecule has 1 fully saturated rings. The van der Waals surface area contributed by atoms with Crippen LogP contribution in [0.15, 0.2) is 48.5 Å². The molecule has 4 rings (SSSR count). The Morgan fingerprint density at radius 2 is 2.00 bits per heavy atom. The number of benzene rings is 2. The number of rotatable bonds is 5. The highest BCUT2D eigenvalue weighted by Crippen LogP contribution is 2.32. The van der Waals surface area contributed by atoms with Gasteiger partial charge in [0.15, 0.2) is 0 Å². The van der Waals surface area contributed by atoms with Crippen molar-refractivity contribution in [1.82, 2.24) is 4.98 Å². The van der Waals surface area contributed by atoms with Crippen molar-refractivity contribution in [3.8, 4) is 11.3 Å². The van der Waals surface area contributed by atoms with Crippen LogP contribution in [0.5, 0.6) is 0 Å². The first-order valence-electron chi connectivity index (χ1n) is 8.44. The van der Waals surface area contributed by atoms with E-state index in [9.17, 15) is 4.39 Å². The molecule has 0 spiro atoms. The first kappa shape index (κ1) is 14.9. The second-order valence-electron chi connectivity index (χ2n) is 6.25. The molecule has 2 aromatic carbocycles. The molecular formula is C20H20FN3. The monoisotopic (exact) mass is 321 g/mol. The molecule has 3 aromatic rings. The number of fused-ring (bicyclic) bond motifs is 1. The summed E-state index contributed by atoms with van der Waals surface area (Å²) in [4.78, 5) is 4.73. The molecule has 0 atom stereocenters. The third-order valence-corrected chi connectivity index (χ3v) is 4.24. The van der Waals surface area contributed by atoms with E-state index in [-0.39, 0.29) is 5.82 Å². The molecule has 0 aliphatic heterocycles. The molecule has 1 aliphatic rings. The standard InChI is InChI=1S/C20H20FN3/c1-2-22-20-12-19(13-4-3-5-14(21)10-13)24-18-9-8-16(11-17(18)20)23-15-6-7-15/h3-5,8-12,15,23H,2,6-7H2,1H3,(H,22,24). The van der Waals surface area contributed by atoms with Crippen molar-refractivity contribution < 1.29 is 4.39 Å². The molecule has 24 heavy (non-hydrogen) atoms. The SMILES string of the molecule is CCNc1cc(-c2cccc(F)c2)nc2ccc(NC3CC3)cc12. The lowest BCUT2D eigenvalue weighted by Gasteiger charge is -2.13. The first-order chi connectivity index (χ1) is 11.7. The Balaban J connectivity index is 1.82. The highest BCUT2D eigenvalue weighted by Gasteiger charge is 2.21. The fourth-order valence-corrected chi connectivity index (χ4v) is 2.91. The number of nitrogens with one attached hydrogen (secondary N) is 2. The second kappa shape index (κ2) is 6.11. The van der Waals surface area contributed by atoms with Crippen LogP contribution >= 0.6 is 0 Å². The van der Waals surface area contributed by atoms with Crippen molar-refractivity contribution in [2.24, 2.45) is 0 Å². The topological polar surface area (TPSA) is 37.0 Å². The zero-order chi connectivity index (χ0) is 16.5.